The fraction of sp³-hybridized carbons (Fsp3) is 0.304. The van der Waals surface area contributed by atoms with Crippen LogP contribution in [0.1, 0.15) is 13.3 Å². The molecule has 1 heterocycles. The first-order valence-corrected chi connectivity index (χ1v) is 9.40. The van der Waals surface area contributed by atoms with E-state index in [9.17, 15) is 5.11 Å². The molecular weight excluding hydrogens is 338 g/mol. The first-order valence-electron chi connectivity index (χ1n) is 9.40. The zero-order valence-corrected chi connectivity index (χ0v) is 15.8. The van der Waals surface area contributed by atoms with Gasteiger partial charge in [-0.15, -0.1) is 0 Å². The first kappa shape index (κ1) is 17.7. The summed E-state index contributed by atoms with van der Waals surface area (Å²) in [5, 5.41) is 14.3. The molecule has 0 spiro atoms. The van der Waals surface area contributed by atoms with Crippen molar-refractivity contribution in [3.05, 3.63) is 59.1 Å². The average Bonchev–Trinajstić information content (AvgIpc) is 3.00. The van der Waals surface area contributed by atoms with Gasteiger partial charge in [0.05, 0.1) is 13.7 Å². The van der Waals surface area contributed by atoms with Gasteiger partial charge in [0.15, 0.2) is 0 Å². The van der Waals surface area contributed by atoms with E-state index in [4.69, 9.17) is 9.47 Å². The minimum atomic E-state index is -0.597. The number of para-hydroxylation sites is 1. The van der Waals surface area contributed by atoms with Gasteiger partial charge in [-0.25, -0.2) is 0 Å². The SMILES string of the molecule is COc1ccc(OCC(O)Cn2c3c(c4ccccc42)=CC(C)CC=3)cc1. The number of aromatic nitrogens is 1. The fourth-order valence-electron chi connectivity index (χ4n) is 3.72. The van der Waals surface area contributed by atoms with Crippen LogP contribution in [0.25, 0.3) is 23.1 Å². The van der Waals surface area contributed by atoms with Gasteiger partial charge in [0.2, 0.25) is 0 Å². The quantitative estimate of drug-likeness (QED) is 0.732. The van der Waals surface area contributed by atoms with Gasteiger partial charge in [0.25, 0.3) is 0 Å². The van der Waals surface area contributed by atoms with Crippen LogP contribution in [0, 0.1) is 5.92 Å². The second kappa shape index (κ2) is 7.49. The zero-order valence-electron chi connectivity index (χ0n) is 15.8. The molecule has 140 valence electrons. The van der Waals surface area contributed by atoms with E-state index in [2.05, 4.69) is 41.8 Å². The fourth-order valence-corrected chi connectivity index (χ4v) is 3.72. The van der Waals surface area contributed by atoms with Crippen LogP contribution in [-0.2, 0) is 6.54 Å². The van der Waals surface area contributed by atoms with Crippen molar-refractivity contribution in [1.29, 1.82) is 0 Å². The maximum absolute atomic E-state index is 10.6. The summed E-state index contributed by atoms with van der Waals surface area (Å²) in [6, 6.07) is 15.8. The molecule has 0 radical (unpaired) electrons. The summed E-state index contributed by atoms with van der Waals surface area (Å²) >= 11 is 0. The minimum absolute atomic E-state index is 0.244. The van der Waals surface area contributed by atoms with E-state index in [1.165, 1.54) is 16.0 Å². The molecule has 4 nitrogen and oxygen atoms in total. The van der Waals surface area contributed by atoms with E-state index >= 15 is 0 Å². The predicted molar refractivity (Wildman–Crippen MR) is 108 cm³/mol. The maximum Gasteiger partial charge on any atom is 0.119 e. The summed E-state index contributed by atoms with van der Waals surface area (Å²) in [4.78, 5) is 0. The molecule has 4 rings (SSSR count). The summed E-state index contributed by atoms with van der Waals surface area (Å²) < 4.78 is 13.1. The van der Waals surface area contributed by atoms with Gasteiger partial charge in [0, 0.05) is 21.5 Å². The Morgan fingerprint density at radius 2 is 1.85 bits per heavy atom. The summed E-state index contributed by atoms with van der Waals surface area (Å²) in [5.74, 6) is 2.05. The third-order valence-corrected chi connectivity index (χ3v) is 5.08. The topological polar surface area (TPSA) is 43.6 Å². The number of aliphatic hydroxyl groups is 1. The highest BCUT2D eigenvalue weighted by Gasteiger charge is 2.15. The molecule has 2 unspecified atom stereocenters. The van der Waals surface area contributed by atoms with Gasteiger partial charge in [-0.05, 0) is 42.7 Å². The maximum atomic E-state index is 10.6. The molecule has 0 bridgehead atoms. The van der Waals surface area contributed by atoms with E-state index < -0.39 is 6.10 Å². The highest BCUT2D eigenvalue weighted by atomic mass is 16.5. The van der Waals surface area contributed by atoms with Crippen LogP contribution in [0.3, 0.4) is 0 Å². The van der Waals surface area contributed by atoms with Gasteiger partial charge < -0.3 is 19.1 Å². The Morgan fingerprint density at radius 3 is 2.63 bits per heavy atom. The lowest BCUT2D eigenvalue weighted by Gasteiger charge is -2.15. The Morgan fingerprint density at radius 1 is 1.11 bits per heavy atom. The number of benzene rings is 2. The second-order valence-corrected chi connectivity index (χ2v) is 7.15. The number of rotatable bonds is 6. The lowest BCUT2D eigenvalue weighted by molar-refractivity contribution is 0.0929. The van der Waals surface area contributed by atoms with E-state index in [0.29, 0.717) is 12.5 Å². The Balaban J connectivity index is 1.56. The molecule has 2 aromatic carbocycles. The zero-order chi connectivity index (χ0) is 18.8. The molecule has 27 heavy (non-hydrogen) atoms. The van der Waals surface area contributed by atoms with Gasteiger partial charge in [-0.3, -0.25) is 0 Å². The van der Waals surface area contributed by atoms with Crippen LogP contribution in [0.5, 0.6) is 11.5 Å². The number of fused-ring (bicyclic) bond motifs is 3. The van der Waals surface area contributed by atoms with Gasteiger partial charge in [0.1, 0.15) is 24.2 Å². The molecule has 3 aromatic rings. The molecule has 0 saturated heterocycles. The monoisotopic (exact) mass is 363 g/mol. The molecule has 4 heteroatoms. The van der Waals surface area contributed by atoms with Crippen LogP contribution in [0.4, 0.5) is 0 Å². The highest BCUT2D eigenvalue weighted by Crippen LogP contribution is 2.18. The molecule has 0 fully saturated rings. The van der Waals surface area contributed by atoms with E-state index in [1.807, 2.05) is 30.3 Å². The number of methoxy groups -OCH3 is 1. The van der Waals surface area contributed by atoms with Crippen molar-refractivity contribution in [3.63, 3.8) is 0 Å². The second-order valence-electron chi connectivity index (χ2n) is 7.15. The van der Waals surface area contributed by atoms with Crippen molar-refractivity contribution in [3.8, 4) is 11.5 Å². The Hall–Kier alpha value is -2.72. The van der Waals surface area contributed by atoms with Crippen molar-refractivity contribution >= 4 is 23.1 Å². The molecule has 1 aromatic heterocycles. The third-order valence-electron chi connectivity index (χ3n) is 5.08. The molecule has 1 aliphatic carbocycles. The first-order chi connectivity index (χ1) is 13.2. The van der Waals surface area contributed by atoms with Crippen molar-refractivity contribution in [2.75, 3.05) is 13.7 Å². The van der Waals surface area contributed by atoms with Crippen LogP contribution in [0.2, 0.25) is 0 Å². The Labute approximate surface area is 159 Å². The average molecular weight is 363 g/mol. The van der Waals surface area contributed by atoms with Crippen LogP contribution < -0.4 is 20.0 Å². The number of hydrogen-bond donors (Lipinski definition) is 1. The smallest absolute Gasteiger partial charge is 0.119 e. The third kappa shape index (κ3) is 3.58. The Kier molecular flexibility index (Phi) is 4.90. The number of aliphatic hydroxyl groups excluding tert-OH is 1. The van der Waals surface area contributed by atoms with E-state index in [1.54, 1.807) is 7.11 Å². The molecule has 0 aliphatic heterocycles. The number of hydrogen-bond acceptors (Lipinski definition) is 3. The summed E-state index contributed by atoms with van der Waals surface area (Å²) in [6.45, 7) is 2.99. The largest absolute Gasteiger partial charge is 0.497 e. The molecule has 1 aliphatic rings. The Bertz CT molecular complexity index is 1050. The summed E-state index contributed by atoms with van der Waals surface area (Å²) in [6.07, 6.45) is 5.06. The van der Waals surface area contributed by atoms with Crippen LogP contribution >= 0.6 is 0 Å². The van der Waals surface area contributed by atoms with Crippen LogP contribution in [0.15, 0.2) is 48.5 Å². The van der Waals surface area contributed by atoms with Gasteiger partial charge in [-0.2, -0.15) is 0 Å². The van der Waals surface area contributed by atoms with Gasteiger partial charge in [-0.1, -0.05) is 37.3 Å². The van der Waals surface area contributed by atoms with Crippen molar-refractivity contribution in [1.82, 2.24) is 4.57 Å². The van der Waals surface area contributed by atoms with Crippen molar-refractivity contribution < 1.29 is 14.6 Å². The molecular formula is C23H25NO3. The lowest BCUT2D eigenvalue weighted by atomic mass is 10.0. The minimum Gasteiger partial charge on any atom is -0.497 e. The van der Waals surface area contributed by atoms with E-state index in [-0.39, 0.29) is 6.61 Å². The van der Waals surface area contributed by atoms with Gasteiger partial charge >= 0.3 is 0 Å². The predicted octanol–water partition coefficient (Wildman–Crippen LogP) is 2.69. The lowest BCUT2D eigenvalue weighted by Crippen LogP contribution is -2.36. The normalized spacial score (nSPS) is 16.9. The number of ether oxygens (including phenoxy) is 2. The standard InChI is InChI=1S/C23H25NO3/c1-16-7-12-23-21(13-16)20-5-3-4-6-22(20)24(23)14-17(25)15-27-19-10-8-18(26-2)9-11-19/h3-6,8-13,16-17,25H,7,14-15H2,1-2H3. The van der Waals surface area contributed by atoms with E-state index in [0.717, 1.165) is 23.4 Å². The molecule has 2 atom stereocenters. The summed E-state index contributed by atoms with van der Waals surface area (Å²) in [7, 11) is 1.64. The van der Waals surface area contributed by atoms with Crippen molar-refractivity contribution in [2.45, 2.75) is 26.0 Å². The highest BCUT2D eigenvalue weighted by molar-refractivity contribution is 5.82. The summed E-state index contributed by atoms with van der Waals surface area (Å²) in [5.41, 5.74) is 1.16. The van der Waals surface area contributed by atoms with Crippen LogP contribution in [-0.4, -0.2) is 29.5 Å². The van der Waals surface area contributed by atoms with Crippen molar-refractivity contribution in [2.24, 2.45) is 5.92 Å². The molecule has 0 saturated carbocycles. The molecule has 1 N–H and O–H groups in total. The molecule has 0 amide bonds. The number of nitrogens with zero attached hydrogens (tertiary/aromatic N) is 1.